The van der Waals surface area contributed by atoms with Crippen LogP contribution in [0.25, 0.3) is 0 Å². The summed E-state index contributed by atoms with van der Waals surface area (Å²) in [6.07, 6.45) is 20.1. The Morgan fingerprint density at radius 2 is 1.74 bits per heavy atom. The lowest BCUT2D eigenvalue weighted by Crippen LogP contribution is -2.51. The summed E-state index contributed by atoms with van der Waals surface area (Å²) in [4.78, 5) is 15.5. The quantitative estimate of drug-likeness (QED) is 0.105. The van der Waals surface area contributed by atoms with Crippen LogP contribution < -0.4 is 21.3 Å². The summed E-state index contributed by atoms with van der Waals surface area (Å²) < 4.78 is 6.32. The topological polar surface area (TPSA) is 77.7 Å². The van der Waals surface area contributed by atoms with E-state index < -0.39 is 0 Å². The summed E-state index contributed by atoms with van der Waals surface area (Å²) in [5.41, 5.74) is 2.43. The molecule has 1 saturated heterocycles. The first-order valence-corrected chi connectivity index (χ1v) is 19.7. The van der Waals surface area contributed by atoms with Crippen molar-refractivity contribution in [3.8, 4) is 0 Å². The van der Waals surface area contributed by atoms with E-state index in [1.807, 2.05) is 11.9 Å². The number of nitrogens with one attached hydrogen (secondary N) is 4. The van der Waals surface area contributed by atoms with Crippen LogP contribution in [-0.4, -0.2) is 69.7 Å². The van der Waals surface area contributed by atoms with Gasteiger partial charge in [-0.3, -0.25) is 16.0 Å². The highest BCUT2D eigenvalue weighted by Gasteiger charge is 2.59. The summed E-state index contributed by atoms with van der Waals surface area (Å²) >= 11 is 0. The molecule has 4 aliphatic carbocycles. The number of carbonyl (C=O) groups is 1. The Labute approximate surface area is 282 Å². The van der Waals surface area contributed by atoms with Crippen molar-refractivity contribution in [2.75, 3.05) is 46.3 Å². The van der Waals surface area contributed by atoms with Crippen molar-refractivity contribution in [3.63, 3.8) is 0 Å². The molecule has 8 unspecified atom stereocenters. The van der Waals surface area contributed by atoms with E-state index in [0.717, 1.165) is 107 Å². The highest BCUT2D eigenvalue weighted by Crippen LogP contribution is 2.67. The number of hydrogen-bond acceptors (Lipinski definition) is 6. The van der Waals surface area contributed by atoms with Gasteiger partial charge in [-0.2, -0.15) is 0 Å². The third-order valence-corrected chi connectivity index (χ3v) is 13.7. The van der Waals surface area contributed by atoms with Gasteiger partial charge in [0.2, 0.25) is 0 Å². The molecule has 1 aliphatic heterocycles. The fraction of sp³-hybridized carbons (Fsp3) is 0.923. The van der Waals surface area contributed by atoms with Crippen molar-refractivity contribution < 1.29 is 9.53 Å². The monoisotopic (exact) mass is 642 g/mol. The Morgan fingerprint density at radius 3 is 2.50 bits per heavy atom. The molecule has 1 amide bonds. The van der Waals surface area contributed by atoms with Crippen molar-refractivity contribution in [2.24, 2.45) is 46.3 Å². The van der Waals surface area contributed by atoms with Crippen LogP contribution in [0, 0.1) is 46.3 Å². The number of rotatable bonds is 16. The van der Waals surface area contributed by atoms with Gasteiger partial charge in [0.25, 0.3) is 0 Å². The Morgan fingerprint density at radius 1 is 0.957 bits per heavy atom. The normalized spacial score (nSPS) is 34.9. The molecule has 5 aliphatic rings. The van der Waals surface area contributed by atoms with Crippen LogP contribution in [0.4, 0.5) is 4.79 Å². The molecule has 0 bridgehead atoms. The van der Waals surface area contributed by atoms with Gasteiger partial charge in [-0.15, -0.1) is 0 Å². The first-order valence-electron chi connectivity index (χ1n) is 19.7. The van der Waals surface area contributed by atoms with Crippen LogP contribution in [0.1, 0.15) is 125 Å². The number of carbonyl (C=O) groups excluding carboxylic acids is 1. The second-order valence-corrected chi connectivity index (χ2v) is 17.0. The number of fused-ring (bicyclic) bond motifs is 5. The van der Waals surface area contributed by atoms with Crippen LogP contribution in [0.3, 0.4) is 0 Å². The van der Waals surface area contributed by atoms with Gasteiger partial charge in [0.15, 0.2) is 0 Å². The third-order valence-electron chi connectivity index (χ3n) is 13.7. The number of amides is 1. The molecule has 3 saturated carbocycles. The molecule has 0 aromatic rings. The molecule has 0 radical (unpaired) electrons. The van der Waals surface area contributed by atoms with Gasteiger partial charge in [-0.25, -0.2) is 4.79 Å². The van der Waals surface area contributed by atoms with Crippen LogP contribution in [0.15, 0.2) is 11.6 Å². The van der Waals surface area contributed by atoms with Gasteiger partial charge >= 0.3 is 6.09 Å². The average Bonchev–Trinajstić information content (AvgIpc) is 3.67. The average molecular weight is 642 g/mol. The highest BCUT2D eigenvalue weighted by molar-refractivity contribution is 5.67. The predicted molar refractivity (Wildman–Crippen MR) is 190 cm³/mol. The first kappa shape index (κ1) is 36.1. The summed E-state index contributed by atoms with van der Waals surface area (Å²) in [7, 11) is 1.98. The minimum absolute atomic E-state index is 0.0211. The molecule has 46 heavy (non-hydrogen) atoms. The van der Waals surface area contributed by atoms with E-state index >= 15 is 0 Å². The van der Waals surface area contributed by atoms with E-state index in [4.69, 9.17) is 4.74 Å². The Bertz CT molecular complexity index is 997. The number of nitrogens with zero attached hydrogens (tertiary/aromatic N) is 1. The van der Waals surface area contributed by atoms with Crippen LogP contribution in [0.2, 0.25) is 0 Å². The third kappa shape index (κ3) is 8.34. The van der Waals surface area contributed by atoms with Gasteiger partial charge < -0.3 is 15.0 Å². The molecule has 7 heteroatoms. The van der Waals surface area contributed by atoms with Gasteiger partial charge in [0.05, 0.1) is 0 Å². The first-order chi connectivity index (χ1) is 22.2. The van der Waals surface area contributed by atoms with Gasteiger partial charge in [0.1, 0.15) is 12.4 Å². The van der Waals surface area contributed by atoms with E-state index in [9.17, 15) is 4.79 Å². The lowest BCUT2D eigenvalue weighted by Gasteiger charge is -2.58. The van der Waals surface area contributed by atoms with Crippen LogP contribution in [0.5, 0.6) is 0 Å². The minimum atomic E-state index is -0.0981. The molecule has 4 N–H and O–H groups in total. The maximum Gasteiger partial charge on any atom is 0.410 e. The largest absolute Gasteiger partial charge is 0.446 e. The summed E-state index contributed by atoms with van der Waals surface area (Å²) in [6, 6.07) is 0. The summed E-state index contributed by atoms with van der Waals surface area (Å²) in [5, 5.41) is 13.5. The lowest BCUT2D eigenvalue weighted by molar-refractivity contribution is -0.0593. The molecular weight excluding hydrogens is 570 g/mol. The second-order valence-electron chi connectivity index (χ2n) is 17.0. The van der Waals surface area contributed by atoms with E-state index in [1.165, 1.54) is 57.8 Å². The number of allylic oxidation sites excluding steroid dienone is 1. The second kappa shape index (κ2) is 16.5. The molecule has 264 valence electrons. The number of unbranched alkanes of at least 4 members (excludes halogenated alkanes) is 1. The molecule has 4 fully saturated rings. The van der Waals surface area contributed by atoms with E-state index in [-0.39, 0.29) is 23.9 Å². The standard InChI is InChI=1S/C39H71N5O2/c1-28(2)11-9-12-29(3)33-15-16-34-32-14-13-30-27-31(17-19-38(30,4)35(32)18-20-39(33,34)5)46-37(45)44(26-10-21-40-6)25-8-7-22-41-36-42-23-24-43-36/h13,28-29,31-36,40-43H,7-12,14-27H2,1-6H3. The smallest absolute Gasteiger partial charge is 0.410 e. The van der Waals surface area contributed by atoms with Gasteiger partial charge in [0, 0.05) is 32.6 Å². The minimum Gasteiger partial charge on any atom is -0.446 e. The highest BCUT2D eigenvalue weighted by atomic mass is 16.6. The van der Waals surface area contributed by atoms with Crippen LogP contribution >= 0.6 is 0 Å². The molecule has 0 spiro atoms. The fourth-order valence-corrected chi connectivity index (χ4v) is 11.0. The van der Waals surface area contributed by atoms with E-state index in [0.29, 0.717) is 5.41 Å². The zero-order chi connectivity index (χ0) is 32.7. The predicted octanol–water partition coefficient (Wildman–Crippen LogP) is 7.29. The fourth-order valence-electron chi connectivity index (χ4n) is 11.0. The number of ether oxygens (including phenoxy) is 1. The zero-order valence-corrected chi connectivity index (χ0v) is 30.6. The molecule has 7 nitrogen and oxygen atoms in total. The molecule has 1 heterocycles. The summed E-state index contributed by atoms with van der Waals surface area (Å²) in [5.74, 6) is 5.14. The van der Waals surface area contributed by atoms with Gasteiger partial charge in [-0.1, -0.05) is 65.5 Å². The van der Waals surface area contributed by atoms with Crippen molar-refractivity contribution in [3.05, 3.63) is 11.6 Å². The molecular formula is C39H71N5O2. The van der Waals surface area contributed by atoms with Crippen LogP contribution in [-0.2, 0) is 4.74 Å². The van der Waals surface area contributed by atoms with Crippen molar-refractivity contribution in [2.45, 2.75) is 137 Å². The molecule has 5 rings (SSSR count). The summed E-state index contributed by atoms with van der Waals surface area (Å²) in [6.45, 7) is 18.0. The van der Waals surface area contributed by atoms with E-state index in [1.54, 1.807) is 5.57 Å². The maximum atomic E-state index is 13.5. The maximum absolute atomic E-state index is 13.5. The van der Waals surface area contributed by atoms with Crippen molar-refractivity contribution in [1.29, 1.82) is 0 Å². The Hall–Kier alpha value is -1.15. The van der Waals surface area contributed by atoms with Gasteiger partial charge in [-0.05, 0) is 131 Å². The Kier molecular flexibility index (Phi) is 13.0. The zero-order valence-electron chi connectivity index (χ0n) is 30.6. The molecule has 0 aromatic carbocycles. The Balaban J connectivity index is 1.14. The lowest BCUT2D eigenvalue weighted by atomic mass is 9.47. The molecule has 0 aromatic heterocycles. The number of hydrogen-bond donors (Lipinski definition) is 4. The van der Waals surface area contributed by atoms with Crippen molar-refractivity contribution >= 4 is 6.09 Å². The molecule has 8 atom stereocenters. The van der Waals surface area contributed by atoms with Crippen molar-refractivity contribution in [1.82, 2.24) is 26.2 Å². The SMILES string of the molecule is CNCCCN(CCCCNC1NCCN1)C(=O)OC1CCC2(C)C(=CCC3C2CCC2(C)C(C(C)CCCC(C)C)CCC32)C1. The van der Waals surface area contributed by atoms with E-state index in [2.05, 4.69) is 62.0 Å².